The molecule has 0 aliphatic rings. The fourth-order valence-corrected chi connectivity index (χ4v) is 3.54. The monoisotopic (exact) mass is 336 g/mol. The molecule has 0 aliphatic heterocycles. The molecule has 1 N–H and O–H groups in total. The number of nitrogens with one attached hydrogen (secondary N) is 1. The van der Waals surface area contributed by atoms with Crippen LogP contribution in [0.25, 0.3) is 0 Å². The fourth-order valence-electron chi connectivity index (χ4n) is 2.14. The van der Waals surface area contributed by atoms with Gasteiger partial charge in [0.05, 0.1) is 16.6 Å². The molecule has 0 fully saturated rings. The molecule has 0 unspecified atom stereocenters. The highest BCUT2D eigenvalue weighted by Crippen LogP contribution is 2.25. The van der Waals surface area contributed by atoms with Crippen LogP contribution >= 0.6 is 0 Å². The number of hydrogen-bond donors (Lipinski definition) is 1. The van der Waals surface area contributed by atoms with Gasteiger partial charge in [-0.1, -0.05) is 6.07 Å². The minimum atomic E-state index is -4.14. The van der Waals surface area contributed by atoms with E-state index >= 15 is 0 Å². The van der Waals surface area contributed by atoms with Crippen molar-refractivity contribution in [1.82, 2.24) is 0 Å². The van der Waals surface area contributed by atoms with Gasteiger partial charge in [-0.05, 0) is 67.3 Å². The average Bonchev–Trinajstić information content (AvgIpc) is 2.44. The summed E-state index contributed by atoms with van der Waals surface area (Å²) in [6.45, 7) is 4.84. The van der Waals surface area contributed by atoms with Gasteiger partial charge in [0.2, 0.25) is 0 Å². The van der Waals surface area contributed by atoms with Crippen LogP contribution in [0, 0.1) is 26.6 Å². The van der Waals surface area contributed by atoms with Crippen LogP contribution in [0.4, 0.5) is 10.1 Å². The molecule has 2 aromatic rings. The highest BCUT2D eigenvalue weighted by Gasteiger charge is 2.21. The van der Waals surface area contributed by atoms with Gasteiger partial charge in [-0.15, -0.1) is 0 Å². The molecule has 0 saturated heterocycles. The Hall–Kier alpha value is -2.41. The summed E-state index contributed by atoms with van der Waals surface area (Å²) in [7, 11) is -4.14. The number of hydrogen-bond acceptors (Lipinski definition) is 4. The van der Waals surface area contributed by atoms with E-state index in [1.807, 2.05) is 0 Å². The third kappa shape index (κ3) is 3.50. The maximum Gasteiger partial charge on any atom is 0.262 e. The van der Waals surface area contributed by atoms with Crippen LogP contribution in [0.3, 0.4) is 0 Å². The Morgan fingerprint density at radius 3 is 2.39 bits per heavy atom. The molecule has 0 atom stereocenters. The molecule has 0 heterocycles. The van der Waals surface area contributed by atoms with Crippen LogP contribution in [-0.4, -0.2) is 14.4 Å². The van der Waals surface area contributed by atoms with E-state index in [2.05, 4.69) is 4.72 Å². The SMILES string of the molecule is Cc1ccc(F)c(NS(=O)(=O)c2cc(C(=O)[O-])cc(C)c2C)c1. The number of sulfonamides is 1. The Labute approximate surface area is 133 Å². The zero-order valence-electron chi connectivity index (χ0n) is 12.8. The van der Waals surface area contributed by atoms with Crippen molar-refractivity contribution in [2.45, 2.75) is 25.7 Å². The van der Waals surface area contributed by atoms with Gasteiger partial charge in [0, 0.05) is 0 Å². The minimum absolute atomic E-state index is 0.194. The van der Waals surface area contributed by atoms with Crippen molar-refractivity contribution in [2.24, 2.45) is 0 Å². The van der Waals surface area contributed by atoms with Gasteiger partial charge in [-0.25, -0.2) is 12.8 Å². The quantitative estimate of drug-likeness (QED) is 0.924. The van der Waals surface area contributed by atoms with E-state index in [-0.39, 0.29) is 16.1 Å². The molecule has 5 nitrogen and oxygen atoms in total. The van der Waals surface area contributed by atoms with Crippen LogP contribution in [-0.2, 0) is 10.0 Å². The summed E-state index contributed by atoms with van der Waals surface area (Å²) < 4.78 is 41.0. The minimum Gasteiger partial charge on any atom is -0.545 e. The summed E-state index contributed by atoms with van der Waals surface area (Å²) in [5.41, 5.74) is 1.10. The van der Waals surface area contributed by atoms with Crippen molar-refractivity contribution < 1.29 is 22.7 Å². The normalized spacial score (nSPS) is 11.3. The van der Waals surface area contributed by atoms with E-state index < -0.39 is 21.8 Å². The summed E-state index contributed by atoms with van der Waals surface area (Å²) in [5.74, 6) is -2.20. The van der Waals surface area contributed by atoms with Gasteiger partial charge in [0.25, 0.3) is 10.0 Å². The number of rotatable bonds is 4. The largest absolute Gasteiger partial charge is 0.545 e. The van der Waals surface area contributed by atoms with E-state index in [4.69, 9.17) is 0 Å². The topological polar surface area (TPSA) is 86.3 Å². The molecule has 23 heavy (non-hydrogen) atoms. The van der Waals surface area contributed by atoms with E-state index in [0.717, 1.165) is 12.1 Å². The van der Waals surface area contributed by atoms with Gasteiger partial charge in [-0.2, -0.15) is 0 Å². The maximum atomic E-state index is 13.8. The first-order valence-corrected chi connectivity index (χ1v) is 8.21. The summed E-state index contributed by atoms with van der Waals surface area (Å²) >= 11 is 0. The van der Waals surface area contributed by atoms with Crippen LogP contribution in [0.15, 0.2) is 35.2 Å². The second-order valence-corrected chi connectivity index (χ2v) is 6.94. The number of halogens is 1. The average molecular weight is 336 g/mol. The molecular weight excluding hydrogens is 321 g/mol. The second kappa shape index (κ2) is 6.00. The first-order valence-electron chi connectivity index (χ1n) is 6.73. The van der Waals surface area contributed by atoms with Crippen molar-refractivity contribution in [1.29, 1.82) is 0 Å². The first kappa shape index (κ1) is 17.0. The summed E-state index contributed by atoms with van der Waals surface area (Å²) in [6.07, 6.45) is 0. The van der Waals surface area contributed by atoms with Crippen molar-refractivity contribution in [2.75, 3.05) is 4.72 Å². The Morgan fingerprint density at radius 1 is 1.13 bits per heavy atom. The third-order valence-electron chi connectivity index (χ3n) is 3.51. The second-order valence-electron chi connectivity index (χ2n) is 5.29. The van der Waals surface area contributed by atoms with Crippen LogP contribution in [0.5, 0.6) is 0 Å². The number of aryl methyl sites for hydroxylation is 2. The lowest BCUT2D eigenvalue weighted by atomic mass is 10.1. The molecular formula is C16H15FNO4S-. The molecule has 0 radical (unpaired) electrons. The Kier molecular flexibility index (Phi) is 4.42. The molecule has 0 spiro atoms. The highest BCUT2D eigenvalue weighted by atomic mass is 32.2. The number of anilines is 1. The smallest absolute Gasteiger partial charge is 0.262 e. The predicted molar refractivity (Wildman–Crippen MR) is 82.2 cm³/mol. The first-order chi connectivity index (χ1) is 10.6. The fraction of sp³-hybridized carbons (Fsp3) is 0.188. The number of carbonyl (C=O) groups is 1. The predicted octanol–water partition coefficient (Wildman–Crippen LogP) is 1.92. The van der Waals surface area contributed by atoms with Gasteiger partial charge in [0.15, 0.2) is 0 Å². The van der Waals surface area contributed by atoms with Crippen molar-refractivity contribution in [3.63, 3.8) is 0 Å². The third-order valence-corrected chi connectivity index (χ3v) is 5.00. The van der Waals surface area contributed by atoms with Crippen molar-refractivity contribution in [3.05, 3.63) is 58.4 Å². The molecule has 7 heteroatoms. The van der Waals surface area contributed by atoms with Gasteiger partial charge < -0.3 is 9.90 Å². The number of aromatic carboxylic acids is 1. The maximum absolute atomic E-state index is 13.8. The molecule has 2 aromatic carbocycles. The molecule has 0 saturated carbocycles. The lowest BCUT2D eigenvalue weighted by Crippen LogP contribution is -2.24. The highest BCUT2D eigenvalue weighted by molar-refractivity contribution is 7.92. The molecule has 2 rings (SSSR count). The lowest BCUT2D eigenvalue weighted by Gasteiger charge is -2.15. The Balaban J connectivity index is 2.56. The zero-order chi connectivity index (χ0) is 17.4. The number of carbonyl (C=O) groups excluding carboxylic acids is 1. The van der Waals surface area contributed by atoms with Crippen LogP contribution in [0.1, 0.15) is 27.0 Å². The summed E-state index contributed by atoms with van der Waals surface area (Å²) in [5, 5.41) is 11.0. The van der Waals surface area contributed by atoms with Crippen molar-refractivity contribution >= 4 is 21.7 Å². The molecule has 0 bridgehead atoms. The molecule has 122 valence electrons. The summed E-state index contributed by atoms with van der Waals surface area (Å²) in [6, 6.07) is 6.37. The van der Waals surface area contributed by atoms with Crippen LogP contribution < -0.4 is 9.83 Å². The van der Waals surface area contributed by atoms with Gasteiger partial charge in [-0.3, -0.25) is 4.72 Å². The van der Waals surface area contributed by atoms with E-state index in [0.29, 0.717) is 16.7 Å². The van der Waals surface area contributed by atoms with Gasteiger partial charge in [0.1, 0.15) is 5.82 Å². The van der Waals surface area contributed by atoms with E-state index in [1.165, 1.54) is 18.2 Å². The summed E-state index contributed by atoms with van der Waals surface area (Å²) in [4.78, 5) is 10.8. The lowest BCUT2D eigenvalue weighted by molar-refractivity contribution is -0.255. The Morgan fingerprint density at radius 2 is 1.78 bits per heavy atom. The number of carboxylic acids is 1. The number of benzene rings is 2. The zero-order valence-corrected chi connectivity index (χ0v) is 13.6. The molecule has 0 aromatic heterocycles. The molecule has 0 aliphatic carbocycles. The van der Waals surface area contributed by atoms with Gasteiger partial charge >= 0.3 is 0 Å². The van der Waals surface area contributed by atoms with Crippen LogP contribution in [0.2, 0.25) is 0 Å². The molecule has 0 amide bonds. The van der Waals surface area contributed by atoms with Crippen molar-refractivity contribution in [3.8, 4) is 0 Å². The number of carboxylic acid groups (broad SMARTS) is 1. The van der Waals surface area contributed by atoms with E-state index in [9.17, 15) is 22.7 Å². The van der Waals surface area contributed by atoms with E-state index in [1.54, 1.807) is 20.8 Å². The standard InChI is InChI=1S/C16H16FNO4S/c1-9-4-5-13(17)14(6-9)18-23(21,22)15-8-12(16(19)20)7-10(2)11(15)3/h4-8,18H,1-3H3,(H,19,20)/p-1. The Bertz CT molecular complexity index is 891.